The zero-order chi connectivity index (χ0) is 18.7. The Morgan fingerprint density at radius 2 is 1.82 bits per heavy atom. The fraction of sp³-hybridized carbons (Fsp3) is 0.409. The zero-order valence-electron chi connectivity index (χ0n) is 16.4. The van der Waals surface area contributed by atoms with Gasteiger partial charge < -0.3 is 19.7 Å². The Morgan fingerprint density at radius 3 is 2.54 bits per heavy atom. The second-order valence-corrected chi connectivity index (χ2v) is 6.74. The lowest BCUT2D eigenvalue weighted by molar-refractivity contribution is 0.0906. The second kappa shape index (κ2) is 12.6. The van der Waals surface area contributed by atoms with Gasteiger partial charge in [-0.2, -0.15) is 0 Å². The highest BCUT2D eigenvalue weighted by molar-refractivity contribution is 14.0. The summed E-state index contributed by atoms with van der Waals surface area (Å²) in [6.07, 6.45) is 1.13. The van der Waals surface area contributed by atoms with Crippen molar-refractivity contribution in [2.24, 2.45) is 10.9 Å². The van der Waals surface area contributed by atoms with Crippen molar-refractivity contribution >= 4 is 29.9 Å². The molecule has 0 saturated carbocycles. The highest BCUT2D eigenvalue weighted by atomic mass is 127. The summed E-state index contributed by atoms with van der Waals surface area (Å²) >= 11 is 0. The minimum Gasteiger partial charge on any atom is -0.492 e. The molecule has 1 N–H and O–H groups in total. The van der Waals surface area contributed by atoms with E-state index >= 15 is 0 Å². The predicted octanol–water partition coefficient (Wildman–Crippen LogP) is 3.80. The summed E-state index contributed by atoms with van der Waals surface area (Å²) in [5.74, 6) is 2.39. The fourth-order valence-electron chi connectivity index (χ4n) is 3.26. The Labute approximate surface area is 185 Å². The van der Waals surface area contributed by atoms with Crippen molar-refractivity contribution in [3.63, 3.8) is 0 Å². The lowest BCUT2D eigenvalue weighted by Gasteiger charge is -2.21. The van der Waals surface area contributed by atoms with E-state index in [0.717, 1.165) is 44.4 Å². The second-order valence-electron chi connectivity index (χ2n) is 6.74. The first-order chi connectivity index (χ1) is 13.3. The van der Waals surface area contributed by atoms with Gasteiger partial charge in [0.2, 0.25) is 0 Å². The summed E-state index contributed by atoms with van der Waals surface area (Å²) in [5.41, 5.74) is 1.23. The van der Waals surface area contributed by atoms with Gasteiger partial charge in [0.05, 0.1) is 19.8 Å². The highest BCUT2D eigenvalue weighted by Crippen LogP contribution is 2.17. The maximum Gasteiger partial charge on any atom is 0.193 e. The number of hydrogen-bond acceptors (Lipinski definition) is 3. The van der Waals surface area contributed by atoms with Crippen LogP contribution in [0.2, 0.25) is 0 Å². The number of guanidine groups is 1. The highest BCUT2D eigenvalue weighted by Gasteiger charge is 2.24. The minimum atomic E-state index is 0. The first-order valence-electron chi connectivity index (χ1n) is 9.60. The van der Waals surface area contributed by atoms with Crippen LogP contribution in [-0.4, -0.2) is 50.8 Å². The molecule has 0 aliphatic carbocycles. The van der Waals surface area contributed by atoms with E-state index < -0.39 is 0 Å². The largest absolute Gasteiger partial charge is 0.492 e. The number of para-hydroxylation sites is 1. The summed E-state index contributed by atoms with van der Waals surface area (Å²) in [6.45, 7) is 4.81. The number of aliphatic imine (C=N–C) groups is 1. The van der Waals surface area contributed by atoms with Gasteiger partial charge in [0, 0.05) is 26.1 Å². The number of likely N-dealkylation sites (tertiary alicyclic amines) is 1. The average Bonchev–Trinajstić information content (AvgIpc) is 3.18. The summed E-state index contributed by atoms with van der Waals surface area (Å²) < 4.78 is 11.6. The monoisotopic (exact) mass is 495 g/mol. The maximum absolute atomic E-state index is 5.91. The van der Waals surface area contributed by atoms with Crippen LogP contribution in [0.15, 0.2) is 65.7 Å². The molecular weight excluding hydrogens is 465 g/mol. The molecule has 3 rings (SSSR count). The Hall–Kier alpha value is -1.80. The van der Waals surface area contributed by atoms with Gasteiger partial charge in [-0.25, -0.2) is 0 Å². The molecular formula is C22H30IN3O2. The van der Waals surface area contributed by atoms with Crippen LogP contribution in [-0.2, 0) is 11.3 Å². The number of ether oxygens (including phenoxy) is 2. The van der Waals surface area contributed by atoms with Crippen molar-refractivity contribution in [1.82, 2.24) is 10.2 Å². The Kier molecular flexibility index (Phi) is 10.1. The van der Waals surface area contributed by atoms with E-state index in [-0.39, 0.29) is 24.0 Å². The van der Waals surface area contributed by atoms with Crippen LogP contribution < -0.4 is 10.1 Å². The van der Waals surface area contributed by atoms with E-state index in [1.165, 1.54) is 5.56 Å². The van der Waals surface area contributed by atoms with E-state index in [2.05, 4.69) is 27.3 Å². The molecule has 2 aromatic rings. The molecule has 2 aromatic carbocycles. The minimum absolute atomic E-state index is 0. The molecule has 152 valence electrons. The van der Waals surface area contributed by atoms with E-state index in [0.29, 0.717) is 19.1 Å². The normalized spacial score (nSPS) is 16.5. The third-order valence-electron chi connectivity index (χ3n) is 4.66. The average molecular weight is 495 g/mol. The van der Waals surface area contributed by atoms with Crippen LogP contribution in [0, 0.1) is 5.92 Å². The molecule has 1 aliphatic heterocycles. The van der Waals surface area contributed by atoms with Crippen molar-refractivity contribution in [3.8, 4) is 5.75 Å². The van der Waals surface area contributed by atoms with Crippen molar-refractivity contribution in [3.05, 3.63) is 66.2 Å². The first kappa shape index (κ1) is 22.5. The standard InChI is InChI=1S/C22H29N3O2.HI/c1-23-22(24-13-15-27-21-10-6-3-7-11-21)25-14-12-20(16-25)18-26-17-19-8-4-2-5-9-19;/h2-11,20H,12-18H2,1H3,(H,23,24);1H. The Bertz CT molecular complexity index is 697. The van der Waals surface area contributed by atoms with Crippen LogP contribution in [0.25, 0.3) is 0 Å². The van der Waals surface area contributed by atoms with Gasteiger partial charge >= 0.3 is 0 Å². The van der Waals surface area contributed by atoms with Gasteiger partial charge in [-0.15, -0.1) is 24.0 Å². The molecule has 1 atom stereocenters. The SMILES string of the molecule is CN=C(NCCOc1ccccc1)N1CCC(COCc2ccccc2)C1.I. The molecule has 1 saturated heterocycles. The molecule has 1 heterocycles. The van der Waals surface area contributed by atoms with Crippen LogP contribution in [0.3, 0.4) is 0 Å². The van der Waals surface area contributed by atoms with Crippen molar-refractivity contribution in [2.75, 3.05) is 39.9 Å². The van der Waals surface area contributed by atoms with Gasteiger partial charge in [0.15, 0.2) is 5.96 Å². The molecule has 0 amide bonds. The van der Waals surface area contributed by atoms with Crippen molar-refractivity contribution in [1.29, 1.82) is 0 Å². The molecule has 0 spiro atoms. The summed E-state index contributed by atoms with van der Waals surface area (Å²) in [4.78, 5) is 6.72. The van der Waals surface area contributed by atoms with Crippen LogP contribution >= 0.6 is 24.0 Å². The van der Waals surface area contributed by atoms with Crippen LogP contribution in [0.4, 0.5) is 0 Å². The maximum atomic E-state index is 5.91. The molecule has 1 fully saturated rings. The zero-order valence-corrected chi connectivity index (χ0v) is 18.8. The van der Waals surface area contributed by atoms with Gasteiger partial charge in [0.1, 0.15) is 12.4 Å². The van der Waals surface area contributed by atoms with Gasteiger partial charge in [0.25, 0.3) is 0 Å². The van der Waals surface area contributed by atoms with Gasteiger partial charge in [-0.1, -0.05) is 48.5 Å². The Balaban J connectivity index is 0.00000280. The van der Waals surface area contributed by atoms with E-state index in [1.807, 2.05) is 55.6 Å². The van der Waals surface area contributed by atoms with Crippen LogP contribution in [0.5, 0.6) is 5.75 Å². The molecule has 1 unspecified atom stereocenters. The topological polar surface area (TPSA) is 46.1 Å². The number of nitrogens with zero attached hydrogens (tertiary/aromatic N) is 2. The quantitative estimate of drug-likeness (QED) is 0.262. The first-order valence-corrected chi connectivity index (χ1v) is 9.60. The number of halogens is 1. The fourth-order valence-corrected chi connectivity index (χ4v) is 3.26. The molecule has 0 bridgehead atoms. The lowest BCUT2D eigenvalue weighted by Crippen LogP contribution is -2.41. The molecule has 0 aromatic heterocycles. The molecule has 28 heavy (non-hydrogen) atoms. The third kappa shape index (κ3) is 7.31. The number of nitrogens with one attached hydrogen (secondary N) is 1. The number of benzene rings is 2. The summed E-state index contributed by atoms with van der Waals surface area (Å²) in [7, 11) is 1.83. The lowest BCUT2D eigenvalue weighted by atomic mass is 10.1. The summed E-state index contributed by atoms with van der Waals surface area (Å²) in [5, 5.41) is 3.39. The molecule has 5 nitrogen and oxygen atoms in total. The van der Waals surface area contributed by atoms with E-state index in [1.54, 1.807) is 0 Å². The van der Waals surface area contributed by atoms with Crippen molar-refractivity contribution in [2.45, 2.75) is 13.0 Å². The van der Waals surface area contributed by atoms with Crippen LogP contribution in [0.1, 0.15) is 12.0 Å². The van der Waals surface area contributed by atoms with E-state index in [4.69, 9.17) is 9.47 Å². The Morgan fingerprint density at radius 1 is 1.11 bits per heavy atom. The van der Waals surface area contributed by atoms with Crippen molar-refractivity contribution < 1.29 is 9.47 Å². The van der Waals surface area contributed by atoms with Gasteiger partial charge in [-0.05, 0) is 24.1 Å². The number of hydrogen-bond donors (Lipinski definition) is 1. The van der Waals surface area contributed by atoms with Gasteiger partial charge in [-0.3, -0.25) is 4.99 Å². The molecule has 6 heteroatoms. The number of rotatable bonds is 8. The summed E-state index contributed by atoms with van der Waals surface area (Å²) in [6, 6.07) is 20.2. The molecule has 0 radical (unpaired) electrons. The predicted molar refractivity (Wildman–Crippen MR) is 124 cm³/mol. The smallest absolute Gasteiger partial charge is 0.193 e. The van der Waals surface area contributed by atoms with E-state index in [9.17, 15) is 0 Å². The molecule has 1 aliphatic rings. The third-order valence-corrected chi connectivity index (χ3v) is 4.66.